The van der Waals surface area contributed by atoms with Crippen molar-refractivity contribution in [3.05, 3.63) is 54.6 Å². The number of hydrogen-bond acceptors (Lipinski definition) is 3. The molecule has 1 aromatic carbocycles. The summed E-state index contributed by atoms with van der Waals surface area (Å²) >= 11 is 2.91. The van der Waals surface area contributed by atoms with Crippen LogP contribution < -0.4 is 11.2 Å². The van der Waals surface area contributed by atoms with Gasteiger partial charge in [0.15, 0.2) is 11.6 Å². The van der Waals surface area contributed by atoms with Gasteiger partial charge in [-0.25, -0.2) is 18.1 Å². The van der Waals surface area contributed by atoms with Crippen molar-refractivity contribution in [1.82, 2.24) is 9.55 Å². The standard InChI is InChI=1S/C12H9BrF2N2O3/c1-2-6-10(18)16-12(20)17(11(6)19)9-7(14)3-5(13)4-8(9)15/h3-4,19H,2H2,1H3,(H,16,18,20). The van der Waals surface area contributed by atoms with Gasteiger partial charge in [0, 0.05) is 4.47 Å². The Morgan fingerprint density at radius 3 is 2.35 bits per heavy atom. The number of aromatic nitrogens is 2. The zero-order chi connectivity index (χ0) is 15.0. The largest absolute Gasteiger partial charge is 0.494 e. The molecule has 8 heteroatoms. The van der Waals surface area contributed by atoms with Crippen molar-refractivity contribution in [2.45, 2.75) is 13.3 Å². The summed E-state index contributed by atoms with van der Waals surface area (Å²) in [5, 5.41) is 9.92. The molecule has 106 valence electrons. The monoisotopic (exact) mass is 346 g/mol. The minimum Gasteiger partial charge on any atom is -0.494 e. The Bertz CT molecular complexity index is 775. The van der Waals surface area contributed by atoms with Gasteiger partial charge in [0.1, 0.15) is 5.69 Å². The van der Waals surface area contributed by atoms with Gasteiger partial charge in [0.05, 0.1) is 5.56 Å². The van der Waals surface area contributed by atoms with Crippen LogP contribution in [0, 0.1) is 11.6 Å². The Labute approximate surface area is 119 Å². The summed E-state index contributed by atoms with van der Waals surface area (Å²) in [6, 6.07) is 1.89. The molecule has 2 N–H and O–H groups in total. The van der Waals surface area contributed by atoms with Crippen LogP contribution in [0.5, 0.6) is 5.88 Å². The predicted octanol–water partition coefficient (Wildman–Crippen LogP) is 1.83. The molecule has 0 radical (unpaired) electrons. The molecule has 0 fully saturated rings. The maximum absolute atomic E-state index is 13.9. The van der Waals surface area contributed by atoms with Gasteiger partial charge < -0.3 is 5.11 Å². The van der Waals surface area contributed by atoms with Gasteiger partial charge in [-0.2, -0.15) is 0 Å². The molecular formula is C12H9BrF2N2O3. The second-order valence-electron chi connectivity index (χ2n) is 3.97. The molecule has 0 aliphatic heterocycles. The Kier molecular flexibility index (Phi) is 3.76. The van der Waals surface area contributed by atoms with Crippen LogP contribution in [0.4, 0.5) is 8.78 Å². The van der Waals surface area contributed by atoms with Gasteiger partial charge in [0.2, 0.25) is 5.88 Å². The quantitative estimate of drug-likeness (QED) is 0.871. The van der Waals surface area contributed by atoms with Gasteiger partial charge in [0.25, 0.3) is 5.56 Å². The molecule has 1 heterocycles. The van der Waals surface area contributed by atoms with Gasteiger partial charge >= 0.3 is 5.69 Å². The summed E-state index contributed by atoms with van der Waals surface area (Å²) in [5.41, 5.74) is -2.79. The van der Waals surface area contributed by atoms with Crippen LogP contribution in [0.15, 0.2) is 26.2 Å². The number of benzene rings is 1. The maximum Gasteiger partial charge on any atom is 0.335 e. The van der Waals surface area contributed by atoms with E-state index in [1.54, 1.807) is 6.92 Å². The van der Waals surface area contributed by atoms with E-state index in [-0.39, 0.29) is 16.5 Å². The van der Waals surface area contributed by atoms with Crippen molar-refractivity contribution >= 4 is 15.9 Å². The van der Waals surface area contributed by atoms with E-state index >= 15 is 0 Å². The first kappa shape index (κ1) is 14.4. The lowest BCUT2D eigenvalue weighted by molar-refractivity contribution is 0.416. The highest BCUT2D eigenvalue weighted by Gasteiger charge is 2.20. The lowest BCUT2D eigenvalue weighted by Gasteiger charge is -2.12. The lowest BCUT2D eigenvalue weighted by atomic mass is 10.2. The fraction of sp³-hybridized carbons (Fsp3) is 0.167. The fourth-order valence-corrected chi connectivity index (χ4v) is 2.24. The molecule has 0 unspecified atom stereocenters. The SMILES string of the molecule is CCc1c(O)n(-c2c(F)cc(Br)cc2F)c(=O)[nH]c1=O. The number of H-pyrrole nitrogens is 1. The molecule has 0 atom stereocenters. The highest BCUT2D eigenvalue weighted by molar-refractivity contribution is 9.10. The summed E-state index contributed by atoms with van der Waals surface area (Å²) in [7, 11) is 0. The third-order valence-electron chi connectivity index (χ3n) is 2.74. The zero-order valence-electron chi connectivity index (χ0n) is 10.2. The molecule has 20 heavy (non-hydrogen) atoms. The average molecular weight is 347 g/mol. The van der Waals surface area contributed by atoms with Crippen molar-refractivity contribution in [2.24, 2.45) is 0 Å². The number of hydrogen-bond donors (Lipinski definition) is 2. The Balaban J connectivity index is 2.91. The topological polar surface area (TPSA) is 75.1 Å². The van der Waals surface area contributed by atoms with E-state index in [2.05, 4.69) is 15.9 Å². The molecule has 2 rings (SSSR count). The first-order valence-electron chi connectivity index (χ1n) is 5.58. The normalized spacial score (nSPS) is 10.8. The molecule has 1 aromatic heterocycles. The lowest BCUT2D eigenvalue weighted by Crippen LogP contribution is -2.32. The van der Waals surface area contributed by atoms with Crippen LogP contribution >= 0.6 is 15.9 Å². The molecule has 0 amide bonds. The van der Waals surface area contributed by atoms with E-state index in [0.717, 1.165) is 12.1 Å². The third-order valence-corrected chi connectivity index (χ3v) is 3.20. The summed E-state index contributed by atoms with van der Waals surface area (Å²) in [5.74, 6) is -2.88. The summed E-state index contributed by atoms with van der Waals surface area (Å²) < 4.78 is 28.3. The number of aromatic amines is 1. The van der Waals surface area contributed by atoms with Crippen LogP contribution in [-0.2, 0) is 6.42 Å². The van der Waals surface area contributed by atoms with E-state index in [0.29, 0.717) is 4.57 Å². The van der Waals surface area contributed by atoms with E-state index in [4.69, 9.17) is 0 Å². The summed E-state index contributed by atoms with van der Waals surface area (Å²) in [4.78, 5) is 25.1. The molecule has 0 aliphatic carbocycles. The van der Waals surface area contributed by atoms with Gasteiger partial charge in [-0.05, 0) is 18.6 Å². The molecule has 2 aromatic rings. The minimum absolute atomic E-state index is 0.0984. The van der Waals surface area contributed by atoms with Crippen LogP contribution in [0.3, 0.4) is 0 Å². The molecule has 0 saturated heterocycles. The second-order valence-corrected chi connectivity index (χ2v) is 4.88. The molecule has 0 aliphatic rings. The summed E-state index contributed by atoms with van der Waals surface area (Å²) in [6.45, 7) is 1.56. The smallest absolute Gasteiger partial charge is 0.335 e. The summed E-state index contributed by atoms with van der Waals surface area (Å²) in [6.07, 6.45) is 0.0984. The molecule has 0 spiro atoms. The van der Waals surface area contributed by atoms with Gasteiger partial charge in [-0.1, -0.05) is 22.9 Å². The number of halogens is 3. The first-order chi connectivity index (χ1) is 9.36. The molecular weight excluding hydrogens is 338 g/mol. The highest BCUT2D eigenvalue weighted by atomic mass is 79.9. The van der Waals surface area contributed by atoms with E-state index in [1.165, 1.54) is 0 Å². The van der Waals surface area contributed by atoms with Crippen molar-refractivity contribution < 1.29 is 13.9 Å². The number of nitrogens with zero attached hydrogens (tertiary/aromatic N) is 1. The third kappa shape index (κ3) is 2.26. The average Bonchev–Trinajstić information content (AvgIpc) is 2.32. The molecule has 0 saturated carbocycles. The van der Waals surface area contributed by atoms with Crippen LogP contribution in [-0.4, -0.2) is 14.7 Å². The zero-order valence-corrected chi connectivity index (χ0v) is 11.8. The van der Waals surface area contributed by atoms with E-state index in [1.807, 2.05) is 4.98 Å². The van der Waals surface area contributed by atoms with Crippen LogP contribution in [0.2, 0.25) is 0 Å². The minimum atomic E-state index is -1.12. The number of nitrogens with one attached hydrogen (secondary N) is 1. The molecule has 5 nitrogen and oxygen atoms in total. The highest BCUT2D eigenvalue weighted by Crippen LogP contribution is 2.25. The second kappa shape index (κ2) is 5.20. The number of rotatable bonds is 2. The van der Waals surface area contributed by atoms with E-state index < -0.39 is 34.5 Å². The van der Waals surface area contributed by atoms with Crippen LogP contribution in [0.1, 0.15) is 12.5 Å². The Morgan fingerprint density at radius 2 is 1.85 bits per heavy atom. The first-order valence-corrected chi connectivity index (χ1v) is 6.38. The maximum atomic E-state index is 13.9. The van der Waals surface area contributed by atoms with Crippen molar-refractivity contribution in [3.8, 4) is 11.6 Å². The number of aromatic hydroxyl groups is 1. The fourth-order valence-electron chi connectivity index (χ4n) is 1.84. The van der Waals surface area contributed by atoms with Crippen molar-refractivity contribution in [2.75, 3.05) is 0 Å². The Morgan fingerprint density at radius 1 is 1.30 bits per heavy atom. The molecule has 0 bridgehead atoms. The predicted molar refractivity (Wildman–Crippen MR) is 71.3 cm³/mol. The Hall–Kier alpha value is -1.96. The van der Waals surface area contributed by atoms with Gasteiger partial charge in [-0.15, -0.1) is 0 Å². The van der Waals surface area contributed by atoms with Crippen molar-refractivity contribution in [1.29, 1.82) is 0 Å². The van der Waals surface area contributed by atoms with Crippen LogP contribution in [0.25, 0.3) is 5.69 Å². The van der Waals surface area contributed by atoms with E-state index in [9.17, 15) is 23.5 Å². The van der Waals surface area contributed by atoms with Crippen molar-refractivity contribution in [3.63, 3.8) is 0 Å². The van der Waals surface area contributed by atoms with Gasteiger partial charge in [-0.3, -0.25) is 9.78 Å².